The number of hydrogen-bond acceptors (Lipinski definition) is 3. The standard InChI is InChI=1S/C9H12O2S/c1-8(7-12)5-10-6-9-3-2-4-11-9/h2-4,12H,1,5-7H2. The fraction of sp³-hybridized carbons (Fsp3) is 0.333. The zero-order valence-electron chi connectivity index (χ0n) is 6.82. The van der Waals surface area contributed by atoms with Crippen molar-refractivity contribution >= 4 is 12.6 Å². The molecule has 0 N–H and O–H groups in total. The van der Waals surface area contributed by atoms with E-state index < -0.39 is 0 Å². The van der Waals surface area contributed by atoms with Crippen LogP contribution in [-0.2, 0) is 11.3 Å². The van der Waals surface area contributed by atoms with Crippen LogP contribution >= 0.6 is 12.6 Å². The molecule has 0 saturated carbocycles. The van der Waals surface area contributed by atoms with Gasteiger partial charge in [-0.25, -0.2) is 0 Å². The zero-order chi connectivity index (χ0) is 8.81. The Morgan fingerprint density at radius 2 is 2.50 bits per heavy atom. The van der Waals surface area contributed by atoms with Crippen molar-refractivity contribution < 1.29 is 9.15 Å². The fourth-order valence-electron chi connectivity index (χ4n) is 0.736. The first-order valence-corrected chi connectivity index (χ1v) is 4.34. The largest absolute Gasteiger partial charge is 0.467 e. The molecule has 1 aromatic rings. The van der Waals surface area contributed by atoms with E-state index in [9.17, 15) is 0 Å². The summed E-state index contributed by atoms with van der Waals surface area (Å²) in [4.78, 5) is 0. The van der Waals surface area contributed by atoms with Gasteiger partial charge in [-0.15, -0.1) is 0 Å². The van der Waals surface area contributed by atoms with Gasteiger partial charge < -0.3 is 9.15 Å². The second-order valence-corrected chi connectivity index (χ2v) is 2.80. The molecule has 0 bridgehead atoms. The molecule has 0 spiro atoms. The molecular weight excluding hydrogens is 172 g/mol. The molecule has 1 rings (SSSR count). The molecule has 12 heavy (non-hydrogen) atoms. The van der Waals surface area contributed by atoms with Gasteiger partial charge in [-0.3, -0.25) is 0 Å². The summed E-state index contributed by atoms with van der Waals surface area (Å²) >= 11 is 4.06. The van der Waals surface area contributed by atoms with E-state index in [4.69, 9.17) is 9.15 Å². The van der Waals surface area contributed by atoms with E-state index in [0.29, 0.717) is 19.0 Å². The monoisotopic (exact) mass is 184 g/mol. The average molecular weight is 184 g/mol. The summed E-state index contributed by atoms with van der Waals surface area (Å²) in [5, 5.41) is 0. The van der Waals surface area contributed by atoms with Crippen LogP contribution in [0, 0.1) is 0 Å². The lowest BCUT2D eigenvalue weighted by atomic mass is 10.4. The third-order valence-corrected chi connectivity index (χ3v) is 1.80. The Balaban J connectivity index is 2.15. The van der Waals surface area contributed by atoms with Gasteiger partial charge in [-0.05, 0) is 17.7 Å². The second-order valence-electron chi connectivity index (χ2n) is 2.48. The predicted molar refractivity (Wildman–Crippen MR) is 51.4 cm³/mol. The Morgan fingerprint density at radius 1 is 1.67 bits per heavy atom. The topological polar surface area (TPSA) is 22.4 Å². The SMILES string of the molecule is C=C(CS)COCc1ccco1. The normalized spacial score (nSPS) is 10.1. The van der Waals surface area contributed by atoms with Crippen LogP contribution in [0.25, 0.3) is 0 Å². The third-order valence-electron chi connectivity index (χ3n) is 1.35. The summed E-state index contributed by atoms with van der Waals surface area (Å²) in [7, 11) is 0. The highest BCUT2D eigenvalue weighted by atomic mass is 32.1. The number of hydrogen-bond donors (Lipinski definition) is 1. The summed E-state index contributed by atoms with van der Waals surface area (Å²) < 4.78 is 10.4. The Hall–Kier alpha value is -0.670. The van der Waals surface area contributed by atoms with Gasteiger partial charge in [0.1, 0.15) is 12.4 Å². The molecule has 66 valence electrons. The van der Waals surface area contributed by atoms with E-state index in [0.717, 1.165) is 11.3 Å². The smallest absolute Gasteiger partial charge is 0.129 e. The van der Waals surface area contributed by atoms with E-state index >= 15 is 0 Å². The lowest BCUT2D eigenvalue weighted by Crippen LogP contribution is -1.97. The first-order chi connectivity index (χ1) is 5.83. The molecule has 0 aliphatic rings. The van der Waals surface area contributed by atoms with Crippen molar-refractivity contribution in [1.82, 2.24) is 0 Å². The van der Waals surface area contributed by atoms with Gasteiger partial charge in [0.25, 0.3) is 0 Å². The maximum absolute atomic E-state index is 5.29. The second kappa shape index (κ2) is 5.06. The molecule has 0 saturated heterocycles. The Bertz CT molecular complexity index is 229. The molecule has 3 heteroatoms. The molecule has 1 heterocycles. The molecule has 0 aliphatic carbocycles. The van der Waals surface area contributed by atoms with E-state index in [1.54, 1.807) is 6.26 Å². The highest BCUT2D eigenvalue weighted by molar-refractivity contribution is 7.80. The van der Waals surface area contributed by atoms with E-state index in [-0.39, 0.29) is 0 Å². The third kappa shape index (κ3) is 3.15. The molecule has 1 aromatic heterocycles. The van der Waals surface area contributed by atoms with Crippen LogP contribution in [0.15, 0.2) is 35.0 Å². The maximum atomic E-state index is 5.29. The predicted octanol–water partition coefficient (Wildman–Crippen LogP) is 2.28. The molecule has 0 aromatic carbocycles. The van der Waals surface area contributed by atoms with Gasteiger partial charge in [0, 0.05) is 5.75 Å². The number of thiol groups is 1. The van der Waals surface area contributed by atoms with E-state index in [1.807, 2.05) is 12.1 Å². The fourth-order valence-corrected chi connectivity index (χ4v) is 0.828. The van der Waals surface area contributed by atoms with Crippen LogP contribution in [0.3, 0.4) is 0 Å². The minimum absolute atomic E-state index is 0.500. The van der Waals surface area contributed by atoms with Crippen LogP contribution in [-0.4, -0.2) is 12.4 Å². The first kappa shape index (κ1) is 9.42. The molecule has 0 fully saturated rings. The van der Waals surface area contributed by atoms with Crippen LogP contribution in [0.1, 0.15) is 5.76 Å². The summed E-state index contributed by atoms with van der Waals surface area (Å²) in [5.74, 6) is 1.50. The highest BCUT2D eigenvalue weighted by Crippen LogP contribution is 2.03. The van der Waals surface area contributed by atoms with Crippen molar-refractivity contribution in [3.05, 3.63) is 36.3 Å². The molecule has 2 nitrogen and oxygen atoms in total. The van der Waals surface area contributed by atoms with Crippen molar-refractivity contribution in [1.29, 1.82) is 0 Å². The van der Waals surface area contributed by atoms with Gasteiger partial charge >= 0.3 is 0 Å². The lowest BCUT2D eigenvalue weighted by molar-refractivity contribution is 0.126. The van der Waals surface area contributed by atoms with Crippen molar-refractivity contribution in [3.8, 4) is 0 Å². The van der Waals surface area contributed by atoms with Gasteiger partial charge in [0.2, 0.25) is 0 Å². The minimum Gasteiger partial charge on any atom is -0.467 e. The zero-order valence-corrected chi connectivity index (χ0v) is 7.72. The minimum atomic E-state index is 0.500. The number of ether oxygens (including phenoxy) is 1. The van der Waals surface area contributed by atoms with Gasteiger partial charge in [-0.2, -0.15) is 12.6 Å². The number of furan rings is 1. The quantitative estimate of drug-likeness (QED) is 0.560. The number of rotatable bonds is 5. The molecule has 0 unspecified atom stereocenters. The van der Waals surface area contributed by atoms with Gasteiger partial charge in [-0.1, -0.05) is 6.58 Å². The van der Waals surface area contributed by atoms with Crippen LogP contribution in [0.4, 0.5) is 0 Å². The molecule has 0 atom stereocenters. The van der Waals surface area contributed by atoms with Crippen molar-refractivity contribution in [2.45, 2.75) is 6.61 Å². The molecule has 0 amide bonds. The molecule has 0 radical (unpaired) electrons. The summed E-state index contributed by atoms with van der Waals surface area (Å²) in [6.07, 6.45) is 1.63. The Kier molecular flexibility index (Phi) is 3.97. The van der Waals surface area contributed by atoms with Crippen LogP contribution in [0.5, 0.6) is 0 Å². The Labute approximate surface area is 77.6 Å². The Morgan fingerprint density at radius 3 is 3.08 bits per heavy atom. The summed E-state index contributed by atoms with van der Waals surface area (Å²) in [6, 6.07) is 3.72. The summed E-state index contributed by atoms with van der Waals surface area (Å²) in [6.45, 7) is 4.81. The summed E-state index contributed by atoms with van der Waals surface area (Å²) in [5.41, 5.74) is 0.977. The van der Waals surface area contributed by atoms with Crippen molar-refractivity contribution in [3.63, 3.8) is 0 Å². The highest BCUT2D eigenvalue weighted by Gasteiger charge is 1.95. The van der Waals surface area contributed by atoms with Crippen LogP contribution < -0.4 is 0 Å². The maximum Gasteiger partial charge on any atom is 0.129 e. The molecule has 0 aliphatic heterocycles. The van der Waals surface area contributed by atoms with Gasteiger partial charge in [0.05, 0.1) is 12.9 Å². The van der Waals surface area contributed by atoms with Crippen molar-refractivity contribution in [2.24, 2.45) is 0 Å². The van der Waals surface area contributed by atoms with Gasteiger partial charge in [0.15, 0.2) is 0 Å². The van der Waals surface area contributed by atoms with Crippen molar-refractivity contribution in [2.75, 3.05) is 12.4 Å². The lowest BCUT2D eigenvalue weighted by Gasteiger charge is -2.01. The van der Waals surface area contributed by atoms with Crippen LogP contribution in [0.2, 0.25) is 0 Å². The van der Waals surface area contributed by atoms with E-state index in [2.05, 4.69) is 19.2 Å². The van der Waals surface area contributed by atoms with E-state index in [1.165, 1.54) is 0 Å². The molecular formula is C9H12O2S. The average Bonchev–Trinajstić information content (AvgIpc) is 2.57. The first-order valence-electron chi connectivity index (χ1n) is 3.70.